The van der Waals surface area contributed by atoms with Crippen molar-refractivity contribution in [1.82, 2.24) is 20.6 Å². The molecule has 0 spiro atoms. The fourth-order valence-corrected chi connectivity index (χ4v) is 5.00. The van der Waals surface area contributed by atoms with Gasteiger partial charge in [-0.05, 0) is 56.4 Å². The van der Waals surface area contributed by atoms with Crippen LogP contribution in [0, 0.1) is 11.3 Å². The number of carbonyl (C=O) groups is 2. The van der Waals surface area contributed by atoms with E-state index in [0.29, 0.717) is 16.6 Å². The molecule has 1 aliphatic carbocycles. The molecule has 1 saturated carbocycles. The molecule has 44 heavy (non-hydrogen) atoms. The third-order valence-electron chi connectivity index (χ3n) is 7.43. The van der Waals surface area contributed by atoms with Crippen molar-refractivity contribution >= 4 is 34.5 Å². The van der Waals surface area contributed by atoms with E-state index in [1.807, 2.05) is 0 Å². The maximum absolute atomic E-state index is 13.9. The first-order valence-electron chi connectivity index (χ1n) is 14.2. The quantitative estimate of drug-likeness (QED) is 0.197. The van der Waals surface area contributed by atoms with Crippen molar-refractivity contribution in [2.45, 2.75) is 78.3 Å². The van der Waals surface area contributed by atoms with Crippen molar-refractivity contribution < 1.29 is 40.7 Å². The van der Waals surface area contributed by atoms with Crippen molar-refractivity contribution in [3.8, 4) is 5.75 Å². The Bertz CT molecular complexity index is 1500. The van der Waals surface area contributed by atoms with Gasteiger partial charge in [-0.3, -0.25) is 9.59 Å². The van der Waals surface area contributed by atoms with E-state index < -0.39 is 41.2 Å². The van der Waals surface area contributed by atoms with Gasteiger partial charge in [0.05, 0.1) is 40.4 Å². The number of amides is 2. The maximum Gasteiger partial charge on any atom is 0.418 e. The van der Waals surface area contributed by atoms with Crippen LogP contribution in [0.2, 0.25) is 0 Å². The molecule has 0 unspecified atom stereocenters. The predicted octanol–water partition coefficient (Wildman–Crippen LogP) is 7.24. The number of nitrogens with one attached hydrogen (secondary N) is 4. The van der Waals surface area contributed by atoms with Crippen LogP contribution in [0.4, 0.5) is 38.0 Å². The molecule has 3 aromatic rings. The standard InChI is InChI=1S/C30H35F6N5O3/c1-5-44-24-14-23-22(13-19(24)25(42)38-18-9-7-17(8-10-18)29(31,32)33)40-27(41-23)39-21-12-16(6-11-20(21)30(34,35)36)15-37-26(43)28(2,3)4/h6,11-14,17-18H,5,7-10,15H2,1-4H3,(H,37,43)(H,38,42)(H2,39,40,41). The topological polar surface area (TPSA) is 108 Å². The average Bonchev–Trinajstić information content (AvgIpc) is 3.31. The summed E-state index contributed by atoms with van der Waals surface area (Å²) in [6.07, 6.45) is -8.74. The molecular weight excluding hydrogens is 592 g/mol. The Morgan fingerprint density at radius 3 is 2.27 bits per heavy atom. The molecule has 2 amide bonds. The minimum absolute atomic E-state index is 0.0110. The van der Waals surface area contributed by atoms with Crippen molar-refractivity contribution in [3.05, 3.63) is 47.0 Å². The van der Waals surface area contributed by atoms with Crippen LogP contribution in [0.1, 0.15) is 74.9 Å². The van der Waals surface area contributed by atoms with Gasteiger partial charge in [0.25, 0.3) is 5.91 Å². The molecule has 4 N–H and O–H groups in total. The fourth-order valence-electron chi connectivity index (χ4n) is 5.00. The maximum atomic E-state index is 13.9. The number of ether oxygens (including phenoxy) is 1. The lowest BCUT2D eigenvalue weighted by molar-refractivity contribution is -0.182. The number of imidazole rings is 1. The zero-order valence-electron chi connectivity index (χ0n) is 24.7. The van der Waals surface area contributed by atoms with Crippen LogP contribution in [0.25, 0.3) is 11.0 Å². The zero-order valence-corrected chi connectivity index (χ0v) is 24.7. The molecule has 1 aliphatic rings. The number of hydrogen-bond donors (Lipinski definition) is 4. The van der Waals surface area contributed by atoms with Crippen LogP contribution in [0.5, 0.6) is 5.75 Å². The molecule has 2 aromatic carbocycles. The lowest BCUT2D eigenvalue weighted by atomic mass is 9.85. The monoisotopic (exact) mass is 627 g/mol. The summed E-state index contributed by atoms with van der Waals surface area (Å²) in [5, 5.41) is 8.17. The second-order valence-corrected chi connectivity index (χ2v) is 11.9. The Hall–Kier alpha value is -3.97. The molecule has 8 nitrogen and oxygen atoms in total. The lowest BCUT2D eigenvalue weighted by Gasteiger charge is -2.30. The summed E-state index contributed by atoms with van der Waals surface area (Å²) >= 11 is 0. The summed E-state index contributed by atoms with van der Waals surface area (Å²) in [4.78, 5) is 32.6. The fraction of sp³-hybridized carbons (Fsp3) is 0.500. The van der Waals surface area contributed by atoms with E-state index in [9.17, 15) is 35.9 Å². The molecule has 1 heterocycles. The third kappa shape index (κ3) is 7.94. The van der Waals surface area contributed by atoms with Gasteiger partial charge in [0, 0.05) is 24.1 Å². The Morgan fingerprint density at radius 1 is 1.00 bits per heavy atom. The van der Waals surface area contributed by atoms with E-state index in [1.54, 1.807) is 27.7 Å². The van der Waals surface area contributed by atoms with Crippen LogP contribution < -0.4 is 20.7 Å². The van der Waals surface area contributed by atoms with Crippen LogP contribution >= 0.6 is 0 Å². The number of halogens is 6. The SMILES string of the molecule is CCOc1cc2nc(Nc3cc(CNC(=O)C(C)(C)C)ccc3C(F)(F)F)[nH]c2cc1C(=O)NC1CCC(C(F)(F)F)CC1. The number of aromatic amines is 1. The summed E-state index contributed by atoms with van der Waals surface area (Å²) in [7, 11) is 0. The number of fused-ring (bicyclic) bond motifs is 1. The average molecular weight is 628 g/mol. The molecule has 240 valence electrons. The number of hydrogen-bond acceptors (Lipinski definition) is 5. The van der Waals surface area contributed by atoms with E-state index >= 15 is 0 Å². The van der Waals surface area contributed by atoms with E-state index in [-0.39, 0.29) is 67.7 Å². The third-order valence-corrected chi connectivity index (χ3v) is 7.43. The highest BCUT2D eigenvalue weighted by Gasteiger charge is 2.41. The Kier molecular flexibility index (Phi) is 9.40. The molecule has 1 aromatic heterocycles. The highest BCUT2D eigenvalue weighted by Crippen LogP contribution is 2.39. The van der Waals surface area contributed by atoms with Crippen molar-refractivity contribution in [3.63, 3.8) is 0 Å². The van der Waals surface area contributed by atoms with Gasteiger partial charge in [-0.25, -0.2) is 4.98 Å². The van der Waals surface area contributed by atoms with Gasteiger partial charge in [0.1, 0.15) is 5.75 Å². The number of nitrogens with zero attached hydrogens (tertiary/aromatic N) is 1. The smallest absolute Gasteiger partial charge is 0.418 e. The van der Waals surface area contributed by atoms with E-state index in [0.717, 1.165) is 6.07 Å². The Morgan fingerprint density at radius 2 is 1.68 bits per heavy atom. The van der Waals surface area contributed by atoms with E-state index in [2.05, 4.69) is 25.9 Å². The number of aromatic nitrogens is 2. The number of benzene rings is 2. The number of H-pyrrole nitrogens is 1. The zero-order chi connectivity index (χ0) is 32.4. The number of alkyl halides is 6. The van der Waals surface area contributed by atoms with Crippen LogP contribution in [0.15, 0.2) is 30.3 Å². The highest BCUT2D eigenvalue weighted by atomic mass is 19.4. The van der Waals surface area contributed by atoms with Gasteiger partial charge in [0.2, 0.25) is 11.9 Å². The van der Waals surface area contributed by atoms with Gasteiger partial charge >= 0.3 is 12.4 Å². The van der Waals surface area contributed by atoms with Crippen LogP contribution in [0.3, 0.4) is 0 Å². The van der Waals surface area contributed by atoms with Gasteiger partial charge in [-0.15, -0.1) is 0 Å². The molecule has 0 radical (unpaired) electrons. The van der Waals surface area contributed by atoms with Gasteiger partial charge in [-0.2, -0.15) is 26.3 Å². The number of rotatable bonds is 8. The van der Waals surface area contributed by atoms with E-state index in [4.69, 9.17) is 4.74 Å². The summed E-state index contributed by atoms with van der Waals surface area (Å²) in [6.45, 7) is 7.08. The summed E-state index contributed by atoms with van der Waals surface area (Å²) in [6, 6.07) is 5.95. The minimum Gasteiger partial charge on any atom is -0.493 e. The molecule has 0 aliphatic heterocycles. The molecule has 0 bridgehead atoms. The van der Waals surface area contributed by atoms with Crippen LogP contribution in [-0.2, 0) is 17.5 Å². The van der Waals surface area contributed by atoms with Crippen molar-refractivity contribution in [1.29, 1.82) is 0 Å². The number of anilines is 2. The first-order valence-corrected chi connectivity index (χ1v) is 14.2. The van der Waals surface area contributed by atoms with Crippen LogP contribution in [-0.4, -0.2) is 40.6 Å². The highest BCUT2D eigenvalue weighted by molar-refractivity contribution is 6.01. The molecule has 4 rings (SSSR count). The van der Waals surface area contributed by atoms with Gasteiger partial charge in [-0.1, -0.05) is 26.8 Å². The summed E-state index contributed by atoms with van der Waals surface area (Å²) < 4.78 is 86.3. The largest absolute Gasteiger partial charge is 0.493 e. The second-order valence-electron chi connectivity index (χ2n) is 11.9. The first-order chi connectivity index (χ1) is 20.5. The summed E-state index contributed by atoms with van der Waals surface area (Å²) in [5.74, 6) is -2.05. The Balaban J connectivity index is 1.57. The first kappa shape index (κ1) is 32.9. The van der Waals surface area contributed by atoms with Gasteiger partial charge < -0.3 is 25.7 Å². The number of carbonyl (C=O) groups excluding carboxylic acids is 2. The van der Waals surface area contributed by atoms with E-state index in [1.165, 1.54) is 24.3 Å². The van der Waals surface area contributed by atoms with Crippen molar-refractivity contribution in [2.75, 3.05) is 11.9 Å². The molecule has 0 saturated heterocycles. The predicted molar refractivity (Wildman–Crippen MR) is 153 cm³/mol. The summed E-state index contributed by atoms with van der Waals surface area (Å²) in [5.41, 5.74) is -0.750. The second kappa shape index (κ2) is 12.6. The van der Waals surface area contributed by atoms with Crippen molar-refractivity contribution in [2.24, 2.45) is 11.3 Å². The Labute approximate surface area is 250 Å². The van der Waals surface area contributed by atoms with Gasteiger partial charge in [0.15, 0.2) is 0 Å². The normalized spacial score (nSPS) is 17.8. The minimum atomic E-state index is -4.69. The lowest BCUT2D eigenvalue weighted by Crippen LogP contribution is -2.40. The molecular formula is C30H35F6N5O3. The molecule has 14 heteroatoms. The molecule has 1 fully saturated rings. The molecule has 0 atom stereocenters.